The standard InChI is InChI=1S/C10H14O2/c1-8(2,3)9-6-4-5-7-10(9,11)12-9/h4-7,11H,1-3H3. The average molecular weight is 166 g/mol. The van der Waals surface area contributed by atoms with Gasteiger partial charge in [-0.3, -0.25) is 0 Å². The summed E-state index contributed by atoms with van der Waals surface area (Å²) in [4.78, 5) is 0. The lowest BCUT2D eigenvalue weighted by molar-refractivity contribution is 0.0825. The molecule has 0 aromatic heterocycles. The van der Waals surface area contributed by atoms with Crippen LogP contribution in [-0.2, 0) is 4.74 Å². The Kier molecular flexibility index (Phi) is 1.22. The van der Waals surface area contributed by atoms with Crippen LogP contribution < -0.4 is 0 Å². The van der Waals surface area contributed by atoms with Crippen molar-refractivity contribution in [1.82, 2.24) is 0 Å². The van der Waals surface area contributed by atoms with Gasteiger partial charge in [0, 0.05) is 5.41 Å². The van der Waals surface area contributed by atoms with Crippen LogP contribution in [0.2, 0.25) is 0 Å². The van der Waals surface area contributed by atoms with Crippen LogP contribution in [-0.4, -0.2) is 16.5 Å². The van der Waals surface area contributed by atoms with Gasteiger partial charge in [0.25, 0.3) is 0 Å². The van der Waals surface area contributed by atoms with Gasteiger partial charge in [0.2, 0.25) is 5.79 Å². The maximum atomic E-state index is 9.87. The molecule has 1 aliphatic heterocycles. The van der Waals surface area contributed by atoms with E-state index in [1.807, 2.05) is 18.2 Å². The second kappa shape index (κ2) is 1.83. The summed E-state index contributed by atoms with van der Waals surface area (Å²) in [5, 5.41) is 9.87. The number of rotatable bonds is 0. The summed E-state index contributed by atoms with van der Waals surface area (Å²) in [6, 6.07) is 0. The molecule has 66 valence electrons. The molecule has 0 aromatic carbocycles. The van der Waals surface area contributed by atoms with E-state index >= 15 is 0 Å². The zero-order valence-electron chi connectivity index (χ0n) is 7.66. The van der Waals surface area contributed by atoms with Crippen molar-refractivity contribution >= 4 is 0 Å². The maximum Gasteiger partial charge on any atom is 0.221 e. The van der Waals surface area contributed by atoms with Gasteiger partial charge in [-0.1, -0.05) is 32.9 Å². The minimum Gasteiger partial charge on any atom is -0.360 e. The van der Waals surface area contributed by atoms with Crippen molar-refractivity contribution < 1.29 is 9.84 Å². The van der Waals surface area contributed by atoms with Gasteiger partial charge in [-0.15, -0.1) is 0 Å². The van der Waals surface area contributed by atoms with E-state index in [1.165, 1.54) is 0 Å². The van der Waals surface area contributed by atoms with Crippen LogP contribution in [0.1, 0.15) is 20.8 Å². The molecule has 1 aliphatic carbocycles. The molecule has 0 amide bonds. The number of ether oxygens (including phenoxy) is 1. The second-order valence-electron chi connectivity index (χ2n) is 4.50. The van der Waals surface area contributed by atoms with E-state index in [0.29, 0.717) is 0 Å². The van der Waals surface area contributed by atoms with E-state index in [1.54, 1.807) is 6.08 Å². The van der Waals surface area contributed by atoms with E-state index in [0.717, 1.165) is 0 Å². The molecule has 12 heavy (non-hydrogen) atoms. The molecule has 2 rings (SSSR count). The fraction of sp³-hybridized carbons (Fsp3) is 0.600. The first kappa shape index (κ1) is 8.02. The Morgan fingerprint density at radius 3 is 2.17 bits per heavy atom. The third kappa shape index (κ3) is 0.718. The highest BCUT2D eigenvalue weighted by atomic mass is 16.8. The highest BCUT2D eigenvalue weighted by molar-refractivity contribution is 5.37. The Morgan fingerprint density at radius 1 is 1.17 bits per heavy atom. The number of allylic oxidation sites excluding steroid dienone is 2. The first-order valence-corrected chi connectivity index (χ1v) is 4.21. The van der Waals surface area contributed by atoms with E-state index < -0.39 is 11.4 Å². The van der Waals surface area contributed by atoms with Crippen LogP contribution in [0.25, 0.3) is 0 Å². The lowest BCUT2D eigenvalue weighted by Gasteiger charge is -2.27. The molecule has 2 heteroatoms. The zero-order valence-corrected chi connectivity index (χ0v) is 7.66. The fourth-order valence-corrected chi connectivity index (χ4v) is 1.85. The van der Waals surface area contributed by atoms with Crippen molar-refractivity contribution in [3.63, 3.8) is 0 Å². The Balaban J connectivity index is 2.39. The van der Waals surface area contributed by atoms with Gasteiger partial charge >= 0.3 is 0 Å². The molecule has 1 fully saturated rings. The van der Waals surface area contributed by atoms with Crippen molar-refractivity contribution in [2.24, 2.45) is 5.41 Å². The summed E-state index contributed by atoms with van der Waals surface area (Å²) in [7, 11) is 0. The van der Waals surface area contributed by atoms with Gasteiger partial charge in [-0.25, -0.2) is 0 Å². The van der Waals surface area contributed by atoms with E-state index in [2.05, 4.69) is 20.8 Å². The van der Waals surface area contributed by atoms with Gasteiger partial charge in [-0.2, -0.15) is 0 Å². The van der Waals surface area contributed by atoms with Crippen LogP contribution in [0.15, 0.2) is 24.3 Å². The summed E-state index contributed by atoms with van der Waals surface area (Å²) in [6.07, 6.45) is 7.38. The number of hydrogen-bond acceptors (Lipinski definition) is 2. The van der Waals surface area contributed by atoms with Gasteiger partial charge in [0.15, 0.2) is 5.60 Å². The summed E-state index contributed by atoms with van der Waals surface area (Å²) in [5.74, 6) is -1.04. The van der Waals surface area contributed by atoms with Gasteiger partial charge in [0.1, 0.15) is 0 Å². The minimum absolute atomic E-state index is 0.0665. The smallest absolute Gasteiger partial charge is 0.221 e. The second-order valence-corrected chi connectivity index (χ2v) is 4.50. The molecule has 2 atom stereocenters. The molecule has 0 aromatic rings. The topological polar surface area (TPSA) is 32.8 Å². The van der Waals surface area contributed by atoms with Crippen LogP contribution >= 0.6 is 0 Å². The minimum atomic E-state index is -1.04. The van der Waals surface area contributed by atoms with E-state index in [4.69, 9.17) is 4.74 Å². The van der Waals surface area contributed by atoms with Crippen molar-refractivity contribution in [2.75, 3.05) is 0 Å². The van der Waals surface area contributed by atoms with Crippen molar-refractivity contribution in [1.29, 1.82) is 0 Å². The molecule has 1 N–H and O–H groups in total. The third-order valence-electron chi connectivity index (χ3n) is 2.69. The van der Waals surface area contributed by atoms with Crippen LogP contribution in [0.5, 0.6) is 0 Å². The quantitative estimate of drug-likeness (QED) is 0.554. The third-order valence-corrected chi connectivity index (χ3v) is 2.69. The lowest BCUT2D eigenvalue weighted by Crippen LogP contribution is -2.36. The van der Waals surface area contributed by atoms with Crippen molar-refractivity contribution in [3.8, 4) is 0 Å². The Morgan fingerprint density at radius 2 is 1.75 bits per heavy atom. The molecule has 2 nitrogen and oxygen atoms in total. The first-order valence-electron chi connectivity index (χ1n) is 4.21. The van der Waals surface area contributed by atoms with Crippen LogP contribution in [0, 0.1) is 5.41 Å². The molecule has 0 bridgehead atoms. The molecule has 2 aliphatic rings. The summed E-state index contributed by atoms with van der Waals surface area (Å²) >= 11 is 0. The summed E-state index contributed by atoms with van der Waals surface area (Å²) in [5.41, 5.74) is -0.558. The first-order chi connectivity index (χ1) is 5.41. The normalized spacial score (nSPS) is 44.3. The summed E-state index contributed by atoms with van der Waals surface area (Å²) < 4.78 is 5.40. The van der Waals surface area contributed by atoms with Crippen LogP contribution in [0.4, 0.5) is 0 Å². The predicted octanol–water partition coefficient (Wildman–Crippen LogP) is 1.62. The monoisotopic (exact) mass is 166 g/mol. The van der Waals surface area contributed by atoms with Gasteiger partial charge in [-0.05, 0) is 12.2 Å². The number of hydrogen-bond donors (Lipinski definition) is 1. The van der Waals surface area contributed by atoms with E-state index in [9.17, 15) is 5.11 Å². The van der Waals surface area contributed by atoms with Crippen molar-refractivity contribution in [2.45, 2.75) is 32.2 Å². The number of fused-ring (bicyclic) bond motifs is 1. The number of epoxide rings is 1. The largest absolute Gasteiger partial charge is 0.360 e. The SMILES string of the molecule is CC(C)(C)C12C=CC=CC1(O)O2. The highest BCUT2D eigenvalue weighted by Crippen LogP contribution is 2.59. The lowest BCUT2D eigenvalue weighted by atomic mass is 9.75. The molecular weight excluding hydrogens is 152 g/mol. The Hall–Kier alpha value is -0.600. The van der Waals surface area contributed by atoms with Gasteiger partial charge < -0.3 is 9.84 Å². The summed E-state index contributed by atoms with van der Waals surface area (Å²) in [6.45, 7) is 6.19. The van der Waals surface area contributed by atoms with Gasteiger partial charge in [0.05, 0.1) is 0 Å². The maximum absolute atomic E-state index is 9.87. The molecule has 0 radical (unpaired) electrons. The molecule has 2 unspecified atom stereocenters. The average Bonchev–Trinajstić information content (AvgIpc) is 2.54. The molecular formula is C10H14O2. The fourth-order valence-electron chi connectivity index (χ4n) is 1.85. The zero-order chi connectivity index (χ0) is 9.04. The Labute approximate surface area is 72.5 Å². The Bertz CT molecular complexity index is 272. The predicted molar refractivity (Wildman–Crippen MR) is 46.5 cm³/mol. The molecule has 0 spiro atoms. The molecule has 1 saturated heterocycles. The van der Waals surface area contributed by atoms with Crippen LogP contribution in [0.3, 0.4) is 0 Å². The number of aliphatic hydroxyl groups is 1. The molecule has 1 heterocycles. The highest BCUT2D eigenvalue weighted by Gasteiger charge is 2.72. The molecule has 0 saturated carbocycles. The van der Waals surface area contributed by atoms with E-state index in [-0.39, 0.29) is 5.41 Å². The van der Waals surface area contributed by atoms with Crippen molar-refractivity contribution in [3.05, 3.63) is 24.3 Å².